The van der Waals surface area contributed by atoms with Gasteiger partial charge >= 0.3 is 0 Å². The third-order valence-corrected chi connectivity index (χ3v) is 5.55. The van der Waals surface area contributed by atoms with Gasteiger partial charge in [-0.3, -0.25) is 4.79 Å². The Kier molecular flexibility index (Phi) is 4.25. The summed E-state index contributed by atoms with van der Waals surface area (Å²) >= 11 is 1.53. The Morgan fingerprint density at radius 1 is 1.43 bits per heavy atom. The van der Waals surface area contributed by atoms with E-state index >= 15 is 0 Å². The Morgan fingerprint density at radius 3 is 2.87 bits per heavy atom. The van der Waals surface area contributed by atoms with Crippen molar-refractivity contribution >= 4 is 17.2 Å². The van der Waals surface area contributed by atoms with E-state index in [2.05, 4.69) is 44.0 Å². The average Bonchev–Trinajstić information content (AvgIpc) is 3.14. The minimum absolute atomic E-state index is 0.0226. The highest BCUT2D eigenvalue weighted by Gasteiger charge is 2.35. The Labute approximate surface area is 141 Å². The van der Waals surface area contributed by atoms with E-state index in [0.717, 1.165) is 30.1 Å². The standard InChI is InChI=1S/C18H23N3OS/c1-12-4-5-14(13(2)8-12)16-20-15(9-23-16)17(22)21-7-6-18(3,10-19)11-21/h4-5,8-9H,6-7,10-11,19H2,1-3H3. The van der Waals surface area contributed by atoms with E-state index in [4.69, 9.17) is 5.73 Å². The number of amides is 1. The maximum Gasteiger partial charge on any atom is 0.273 e. The second-order valence-corrected chi connectivity index (χ2v) is 7.71. The van der Waals surface area contributed by atoms with Crippen molar-refractivity contribution in [2.45, 2.75) is 27.2 Å². The van der Waals surface area contributed by atoms with Gasteiger partial charge in [0, 0.05) is 24.0 Å². The number of rotatable bonds is 3. The quantitative estimate of drug-likeness (QED) is 0.940. The molecule has 23 heavy (non-hydrogen) atoms. The van der Waals surface area contributed by atoms with Gasteiger partial charge in [0.1, 0.15) is 10.7 Å². The Hall–Kier alpha value is -1.72. The lowest BCUT2D eigenvalue weighted by atomic mass is 9.90. The highest BCUT2D eigenvalue weighted by atomic mass is 32.1. The predicted molar refractivity (Wildman–Crippen MR) is 94.7 cm³/mol. The van der Waals surface area contributed by atoms with Crippen molar-refractivity contribution in [3.63, 3.8) is 0 Å². The van der Waals surface area contributed by atoms with Crippen LogP contribution >= 0.6 is 11.3 Å². The number of carbonyl (C=O) groups is 1. The van der Waals surface area contributed by atoms with Gasteiger partial charge in [-0.2, -0.15) is 0 Å². The number of aromatic nitrogens is 1. The summed E-state index contributed by atoms with van der Waals surface area (Å²) in [7, 11) is 0. The molecule has 1 aromatic carbocycles. The van der Waals surface area contributed by atoms with Crippen LogP contribution < -0.4 is 5.73 Å². The van der Waals surface area contributed by atoms with Gasteiger partial charge in [0.05, 0.1) is 0 Å². The highest BCUT2D eigenvalue weighted by molar-refractivity contribution is 7.13. The van der Waals surface area contributed by atoms with Gasteiger partial charge in [-0.15, -0.1) is 11.3 Å². The molecule has 4 nitrogen and oxygen atoms in total. The van der Waals surface area contributed by atoms with Gasteiger partial charge in [-0.25, -0.2) is 4.98 Å². The smallest absolute Gasteiger partial charge is 0.273 e. The van der Waals surface area contributed by atoms with Crippen molar-refractivity contribution < 1.29 is 4.79 Å². The van der Waals surface area contributed by atoms with Crippen LogP contribution in [-0.4, -0.2) is 35.4 Å². The van der Waals surface area contributed by atoms with Gasteiger partial charge in [0.25, 0.3) is 5.91 Å². The van der Waals surface area contributed by atoms with Gasteiger partial charge in [0.2, 0.25) is 0 Å². The van der Waals surface area contributed by atoms with Crippen molar-refractivity contribution in [2.75, 3.05) is 19.6 Å². The van der Waals surface area contributed by atoms with Crippen LogP contribution in [0.1, 0.15) is 35.0 Å². The van der Waals surface area contributed by atoms with Gasteiger partial charge in [0.15, 0.2) is 0 Å². The predicted octanol–water partition coefficient (Wildman–Crippen LogP) is 3.24. The largest absolute Gasteiger partial charge is 0.337 e. The number of hydrogen-bond acceptors (Lipinski definition) is 4. The zero-order valence-corrected chi connectivity index (χ0v) is 14.7. The van der Waals surface area contributed by atoms with E-state index in [1.165, 1.54) is 22.5 Å². The third-order valence-electron chi connectivity index (χ3n) is 4.67. The van der Waals surface area contributed by atoms with Crippen molar-refractivity contribution in [1.82, 2.24) is 9.88 Å². The molecule has 1 saturated heterocycles. The first-order valence-electron chi connectivity index (χ1n) is 7.94. The van der Waals surface area contributed by atoms with Crippen molar-refractivity contribution in [3.05, 3.63) is 40.4 Å². The summed E-state index contributed by atoms with van der Waals surface area (Å²) in [6.45, 7) is 8.40. The minimum Gasteiger partial charge on any atom is -0.337 e. The molecule has 1 unspecified atom stereocenters. The first-order chi connectivity index (χ1) is 10.9. The topological polar surface area (TPSA) is 59.2 Å². The number of benzene rings is 1. The highest BCUT2D eigenvalue weighted by Crippen LogP contribution is 2.31. The fraction of sp³-hybridized carbons (Fsp3) is 0.444. The van der Waals surface area contributed by atoms with E-state index in [1.807, 2.05) is 10.3 Å². The number of thiazole rings is 1. The van der Waals surface area contributed by atoms with Crippen LogP contribution in [0.15, 0.2) is 23.6 Å². The Morgan fingerprint density at radius 2 is 2.22 bits per heavy atom. The van der Waals surface area contributed by atoms with Crippen LogP contribution in [0.5, 0.6) is 0 Å². The zero-order chi connectivity index (χ0) is 16.6. The first kappa shape index (κ1) is 16.1. The molecule has 3 rings (SSSR count). The fourth-order valence-corrected chi connectivity index (χ4v) is 3.96. The molecule has 122 valence electrons. The molecule has 2 N–H and O–H groups in total. The molecular formula is C18H23N3OS. The zero-order valence-electron chi connectivity index (χ0n) is 13.9. The van der Waals surface area contributed by atoms with Gasteiger partial charge in [-0.1, -0.05) is 30.7 Å². The second kappa shape index (κ2) is 6.06. The first-order valence-corrected chi connectivity index (χ1v) is 8.82. The van der Waals surface area contributed by atoms with Crippen LogP contribution in [0.3, 0.4) is 0 Å². The summed E-state index contributed by atoms with van der Waals surface area (Å²) in [5.74, 6) is 0.0226. The monoisotopic (exact) mass is 329 g/mol. The van der Waals surface area contributed by atoms with Crippen LogP contribution in [0.4, 0.5) is 0 Å². The van der Waals surface area contributed by atoms with E-state index in [0.29, 0.717) is 12.2 Å². The number of nitrogens with zero attached hydrogens (tertiary/aromatic N) is 2. The van der Waals surface area contributed by atoms with E-state index in [9.17, 15) is 4.79 Å². The normalized spacial score (nSPS) is 21.0. The number of aryl methyl sites for hydroxylation is 2. The molecule has 0 radical (unpaired) electrons. The molecule has 1 fully saturated rings. The summed E-state index contributed by atoms with van der Waals surface area (Å²) in [5, 5.41) is 2.78. The molecule has 2 aromatic rings. The average molecular weight is 329 g/mol. The summed E-state index contributed by atoms with van der Waals surface area (Å²) in [6.07, 6.45) is 0.962. The van der Waals surface area contributed by atoms with Crippen LogP contribution in [-0.2, 0) is 0 Å². The van der Waals surface area contributed by atoms with Crippen molar-refractivity contribution in [1.29, 1.82) is 0 Å². The molecule has 1 aromatic heterocycles. The molecule has 2 heterocycles. The molecular weight excluding hydrogens is 306 g/mol. The second-order valence-electron chi connectivity index (χ2n) is 6.85. The summed E-state index contributed by atoms with van der Waals surface area (Å²) in [4.78, 5) is 19.1. The summed E-state index contributed by atoms with van der Waals surface area (Å²) in [6, 6.07) is 6.31. The number of hydrogen-bond donors (Lipinski definition) is 1. The number of likely N-dealkylation sites (tertiary alicyclic amines) is 1. The van der Waals surface area contributed by atoms with E-state index < -0.39 is 0 Å². The molecule has 0 bridgehead atoms. The molecule has 1 aliphatic heterocycles. The maximum atomic E-state index is 12.7. The van der Waals surface area contributed by atoms with Gasteiger partial charge < -0.3 is 10.6 Å². The number of carbonyl (C=O) groups excluding carboxylic acids is 1. The van der Waals surface area contributed by atoms with E-state index in [-0.39, 0.29) is 11.3 Å². The molecule has 0 saturated carbocycles. The van der Waals surface area contributed by atoms with Crippen molar-refractivity contribution in [2.24, 2.45) is 11.1 Å². The Bertz CT molecular complexity index is 740. The fourth-order valence-electron chi connectivity index (χ4n) is 3.07. The van der Waals surface area contributed by atoms with Crippen molar-refractivity contribution in [3.8, 4) is 10.6 Å². The lowest BCUT2D eigenvalue weighted by Gasteiger charge is -2.22. The SMILES string of the molecule is Cc1ccc(-c2nc(C(=O)N3CCC(C)(CN)C3)cs2)c(C)c1. The molecule has 1 aliphatic rings. The summed E-state index contributed by atoms with van der Waals surface area (Å²) < 4.78 is 0. The van der Waals surface area contributed by atoms with Crippen LogP contribution in [0, 0.1) is 19.3 Å². The van der Waals surface area contributed by atoms with Crippen LogP contribution in [0.25, 0.3) is 10.6 Å². The molecule has 1 atom stereocenters. The Balaban J connectivity index is 1.81. The van der Waals surface area contributed by atoms with E-state index in [1.54, 1.807) is 0 Å². The van der Waals surface area contributed by atoms with Crippen LogP contribution in [0.2, 0.25) is 0 Å². The summed E-state index contributed by atoms with van der Waals surface area (Å²) in [5.41, 5.74) is 9.95. The van der Waals surface area contributed by atoms with Gasteiger partial charge in [-0.05, 0) is 37.8 Å². The molecule has 0 spiro atoms. The molecule has 1 amide bonds. The maximum absolute atomic E-state index is 12.7. The molecule has 0 aliphatic carbocycles. The number of nitrogens with two attached hydrogens (primary N) is 1. The third kappa shape index (κ3) is 3.16. The lowest BCUT2D eigenvalue weighted by molar-refractivity contribution is 0.0772. The minimum atomic E-state index is 0.0226. The molecule has 5 heteroatoms. The lowest BCUT2D eigenvalue weighted by Crippen LogP contribution is -2.34.